The van der Waals surface area contributed by atoms with Crippen molar-refractivity contribution in [3.8, 4) is 0 Å². The van der Waals surface area contributed by atoms with Gasteiger partial charge in [0, 0.05) is 21.6 Å². The molecule has 0 fully saturated rings. The second-order valence-electron chi connectivity index (χ2n) is 3.58. The first kappa shape index (κ1) is 11.5. The molecule has 2 aromatic carbocycles. The second kappa shape index (κ2) is 4.89. The Hall–Kier alpha value is -0.990. The highest BCUT2D eigenvalue weighted by molar-refractivity contribution is 9.10. The van der Waals surface area contributed by atoms with E-state index in [1.54, 1.807) is 0 Å². The lowest BCUT2D eigenvalue weighted by Crippen LogP contribution is -1.97. The van der Waals surface area contributed by atoms with Gasteiger partial charge in [-0.15, -0.1) is 0 Å². The van der Waals surface area contributed by atoms with Gasteiger partial charge in [0.05, 0.1) is 0 Å². The Morgan fingerprint density at radius 3 is 2.44 bits per heavy atom. The zero-order valence-electron chi connectivity index (χ0n) is 8.58. The highest BCUT2D eigenvalue weighted by Crippen LogP contribution is 2.27. The van der Waals surface area contributed by atoms with Crippen LogP contribution in [0.1, 0.15) is 11.1 Å². The molecule has 82 valence electrons. The Labute approximate surface area is 108 Å². The number of hydrogen-bond acceptors (Lipinski definition) is 1. The molecular formula is C13H11BrClN. The molecule has 0 aliphatic rings. The minimum absolute atomic E-state index is 0.755. The molecule has 3 heteroatoms. The van der Waals surface area contributed by atoms with Crippen LogP contribution >= 0.6 is 27.5 Å². The van der Waals surface area contributed by atoms with E-state index in [0.29, 0.717) is 0 Å². The van der Waals surface area contributed by atoms with E-state index in [9.17, 15) is 0 Å². The summed E-state index contributed by atoms with van der Waals surface area (Å²) in [4.78, 5) is 0. The third-order valence-electron chi connectivity index (χ3n) is 2.48. The zero-order chi connectivity index (χ0) is 11.5. The van der Waals surface area contributed by atoms with Crippen molar-refractivity contribution >= 4 is 33.2 Å². The van der Waals surface area contributed by atoms with E-state index < -0.39 is 0 Å². The largest absolute Gasteiger partial charge is 0.398 e. The normalized spacial score (nSPS) is 10.4. The number of halogens is 2. The molecule has 0 aromatic heterocycles. The Balaban J connectivity index is 2.35. The molecule has 0 aliphatic carbocycles. The Bertz CT molecular complexity index is 511. The Kier molecular flexibility index (Phi) is 3.52. The summed E-state index contributed by atoms with van der Waals surface area (Å²) < 4.78 is 0.928. The van der Waals surface area contributed by atoms with E-state index in [4.69, 9.17) is 17.3 Å². The molecule has 0 saturated carbocycles. The van der Waals surface area contributed by atoms with Crippen molar-refractivity contribution in [3.63, 3.8) is 0 Å². The van der Waals surface area contributed by atoms with Crippen LogP contribution in [0.3, 0.4) is 0 Å². The topological polar surface area (TPSA) is 26.0 Å². The van der Waals surface area contributed by atoms with Crippen molar-refractivity contribution in [3.05, 3.63) is 63.1 Å². The first-order valence-electron chi connectivity index (χ1n) is 4.95. The first-order chi connectivity index (χ1) is 7.68. The molecule has 0 saturated heterocycles. The molecule has 2 N–H and O–H groups in total. The van der Waals surface area contributed by atoms with Crippen LogP contribution in [0, 0.1) is 0 Å². The van der Waals surface area contributed by atoms with Crippen LogP contribution in [0.5, 0.6) is 0 Å². The second-order valence-corrected chi connectivity index (χ2v) is 4.84. The monoisotopic (exact) mass is 295 g/mol. The molecule has 0 atom stereocenters. The first-order valence-corrected chi connectivity index (χ1v) is 6.12. The summed E-state index contributed by atoms with van der Waals surface area (Å²) in [5.74, 6) is 0. The van der Waals surface area contributed by atoms with Gasteiger partial charge < -0.3 is 5.73 Å². The summed E-state index contributed by atoms with van der Waals surface area (Å²) in [6.07, 6.45) is 0.755. The summed E-state index contributed by atoms with van der Waals surface area (Å²) in [6.45, 7) is 0. The third kappa shape index (κ3) is 2.39. The van der Waals surface area contributed by atoms with Crippen molar-refractivity contribution in [1.82, 2.24) is 0 Å². The van der Waals surface area contributed by atoms with Crippen LogP contribution in [0.4, 0.5) is 5.69 Å². The molecule has 0 radical (unpaired) electrons. The lowest BCUT2D eigenvalue weighted by atomic mass is 10.0. The van der Waals surface area contributed by atoms with Gasteiger partial charge in [0.15, 0.2) is 0 Å². The summed E-state index contributed by atoms with van der Waals surface area (Å²) >= 11 is 9.53. The fraction of sp³-hybridized carbons (Fsp3) is 0.0769. The fourth-order valence-electron chi connectivity index (χ4n) is 1.58. The van der Waals surface area contributed by atoms with Crippen LogP contribution in [-0.4, -0.2) is 0 Å². The molecule has 16 heavy (non-hydrogen) atoms. The molecule has 1 nitrogen and oxygen atoms in total. The summed E-state index contributed by atoms with van der Waals surface area (Å²) in [5, 5.41) is 0.780. The van der Waals surface area contributed by atoms with Crippen molar-refractivity contribution in [1.29, 1.82) is 0 Å². The van der Waals surface area contributed by atoms with Gasteiger partial charge in [-0.1, -0.05) is 41.9 Å². The molecule has 0 amide bonds. The van der Waals surface area contributed by atoms with Gasteiger partial charge in [0.25, 0.3) is 0 Å². The molecular weight excluding hydrogens is 286 g/mol. The van der Waals surface area contributed by atoms with Crippen LogP contribution in [-0.2, 0) is 6.42 Å². The molecule has 0 aliphatic heterocycles. The lowest BCUT2D eigenvalue weighted by molar-refractivity contribution is 1.19. The number of anilines is 1. The van der Waals surface area contributed by atoms with Crippen LogP contribution < -0.4 is 5.73 Å². The summed E-state index contributed by atoms with van der Waals surface area (Å²) in [7, 11) is 0. The van der Waals surface area contributed by atoms with Gasteiger partial charge in [-0.05, 0) is 39.2 Å². The van der Waals surface area contributed by atoms with Crippen LogP contribution in [0.25, 0.3) is 0 Å². The maximum atomic E-state index is 6.11. The van der Waals surface area contributed by atoms with Gasteiger partial charge in [-0.25, -0.2) is 0 Å². The summed E-state index contributed by atoms with van der Waals surface area (Å²) in [5.41, 5.74) is 8.95. The SMILES string of the molecule is Nc1c(Br)cccc1Cc1ccccc1Cl. The predicted molar refractivity (Wildman–Crippen MR) is 72.8 cm³/mol. The smallest absolute Gasteiger partial charge is 0.0494 e. The van der Waals surface area contributed by atoms with Crippen molar-refractivity contribution in [2.45, 2.75) is 6.42 Å². The summed E-state index contributed by atoms with van der Waals surface area (Å²) in [6, 6.07) is 13.8. The quantitative estimate of drug-likeness (QED) is 0.823. The highest BCUT2D eigenvalue weighted by Gasteiger charge is 2.05. The number of para-hydroxylation sites is 1. The van der Waals surface area contributed by atoms with E-state index in [1.165, 1.54) is 0 Å². The average Bonchev–Trinajstić information content (AvgIpc) is 2.28. The molecule has 0 unspecified atom stereocenters. The number of nitrogen functional groups attached to an aromatic ring is 1. The molecule has 2 aromatic rings. The number of nitrogens with two attached hydrogens (primary N) is 1. The van der Waals surface area contributed by atoms with Crippen LogP contribution in [0.2, 0.25) is 5.02 Å². The Morgan fingerprint density at radius 1 is 1.00 bits per heavy atom. The third-order valence-corrected chi connectivity index (χ3v) is 3.54. The minimum Gasteiger partial charge on any atom is -0.398 e. The maximum Gasteiger partial charge on any atom is 0.0494 e. The van der Waals surface area contributed by atoms with E-state index in [-0.39, 0.29) is 0 Å². The van der Waals surface area contributed by atoms with E-state index >= 15 is 0 Å². The minimum atomic E-state index is 0.755. The Morgan fingerprint density at radius 2 is 1.69 bits per heavy atom. The average molecular weight is 297 g/mol. The predicted octanol–water partition coefficient (Wildman–Crippen LogP) is 4.28. The lowest BCUT2D eigenvalue weighted by Gasteiger charge is -2.08. The van der Waals surface area contributed by atoms with Gasteiger partial charge in [-0.3, -0.25) is 0 Å². The molecule has 0 bridgehead atoms. The van der Waals surface area contributed by atoms with Crippen LogP contribution in [0.15, 0.2) is 46.9 Å². The number of hydrogen-bond donors (Lipinski definition) is 1. The standard InChI is InChI=1S/C13H11BrClN/c14-11-6-3-5-10(13(11)16)8-9-4-1-2-7-12(9)15/h1-7H,8,16H2. The fourth-order valence-corrected chi connectivity index (χ4v) is 2.19. The molecule has 0 heterocycles. The van der Waals surface area contributed by atoms with Gasteiger partial charge in [0.2, 0.25) is 0 Å². The van der Waals surface area contributed by atoms with Crippen molar-refractivity contribution in [2.24, 2.45) is 0 Å². The molecule has 2 rings (SSSR count). The molecule has 0 spiro atoms. The number of benzene rings is 2. The van der Waals surface area contributed by atoms with E-state index in [0.717, 1.165) is 32.7 Å². The van der Waals surface area contributed by atoms with Gasteiger partial charge in [-0.2, -0.15) is 0 Å². The zero-order valence-corrected chi connectivity index (χ0v) is 10.9. The van der Waals surface area contributed by atoms with E-state index in [2.05, 4.69) is 15.9 Å². The van der Waals surface area contributed by atoms with Crippen molar-refractivity contribution in [2.75, 3.05) is 5.73 Å². The number of rotatable bonds is 2. The van der Waals surface area contributed by atoms with Crippen molar-refractivity contribution < 1.29 is 0 Å². The highest BCUT2D eigenvalue weighted by atomic mass is 79.9. The van der Waals surface area contributed by atoms with Gasteiger partial charge in [0.1, 0.15) is 0 Å². The van der Waals surface area contributed by atoms with E-state index in [1.807, 2.05) is 42.5 Å². The van der Waals surface area contributed by atoms with Gasteiger partial charge >= 0.3 is 0 Å². The maximum absolute atomic E-state index is 6.11.